The number of rotatable bonds is 3. The minimum atomic E-state index is -3.80. The van der Waals surface area contributed by atoms with Crippen LogP contribution in [0.4, 0.5) is 15.0 Å². The maximum absolute atomic E-state index is 14.5. The van der Waals surface area contributed by atoms with E-state index in [4.69, 9.17) is 4.74 Å². The van der Waals surface area contributed by atoms with Crippen LogP contribution in [0.25, 0.3) is 16.7 Å². The molecule has 1 N–H and O–H groups in total. The van der Waals surface area contributed by atoms with Gasteiger partial charge in [-0.1, -0.05) is 6.07 Å². The zero-order chi connectivity index (χ0) is 25.7. The van der Waals surface area contributed by atoms with Gasteiger partial charge in [0.25, 0.3) is 5.16 Å². The Morgan fingerprint density at radius 3 is 2.54 bits per heavy atom. The van der Waals surface area contributed by atoms with Gasteiger partial charge < -0.3 is 19.6 Å². The number of aromatic hydroxyl groups is 1. The molecule has 1 aromatic carbocycles. The van der Waals surface area contributed by atoms with Crippen molar-refractivity contribution >= 4 is 32.8 Å². The third-order valence-electron chi connectivity index (χ3n) is 5.42. The Balaban J connectivity index is 1.77. The number of ether oxygens (including phenoxy) is 1. The first-order chi connectivity index (χ1) is 16.2. The highest BCUT2D eigenvalue weighted by Gasteiger charge is 2.32. The lowest BCUT2D eigenvalue weighted by Crippen LogP contribution is -2.55. The number of aromatic nitrogens is 4. The van der Waals surface area contributed by atoms with Gasteiger partial charge in [0, 0.05) is 38.1 Å². The Morgan fingerprint density at radius 1 is 1.23 bits per heavy atom. The first-order valence-corrected chi connectivity index (χ1v) is 12.8. The van der Waals surface area contributed by atoms with Gasteiger partial charge in [-0.25, -0.2) is 27.3 Å². The van der Waals surface area contributed by atoms with Crippen molar-refractivity contribution in [2.24, 2.45) is 0 Å². The number of sulfone groups is 1. The van der Waals surface area contributed by atoms with Crippen LogP contribution in [0.1, 0.15) is 27.7 Å². The molecule has 0 unspecified atom stereocenters. The van der Waals surface area contributed by atoms with Crippen molar-refractivity contribution < 1.29 is 27.4 Å². The fourth-order valence-electron chi connectivity index (χ4n) is 3.87. The molecule has 2 aromatic heterocycles. The van der Waals surface area contributed by atoms with E-state index in [2.05, 4.69) is 15.1 Å². The number of carbonyl (C=O) groups excluding carboxylic acids is 1. The molecule has 188 valence electrons. The van der Waals surface area contributed by atoms with Gasteiger partial charge >= 0.3 is 6.09 Å². The van der Waals surface area contributed by atoms with Crippen LogP contribution in [-0.4, -0.2) is 81.8 Å². The summed E-state index contributed by atoms with van der Waals surface area (Å²) < 4.78 is 45.7. The fraction of sp³-hybridized carbons (Fsp3) is 0.455. The Bertz CT molecular complexity index is 1380. The lowest BCUT2D eigenvalue weighted by atomic mass is 10.1. The van der Waals surface area contributed by atoms with Crippen LogP contribution >= 0.6 is 0 Å². The van der Waals surface area contributed by atoms with E-state index in [0.29, 0.717) is 25.0 Å². The largest absolute Gasteiger partial charge is 0.506 e. The summed E-state index contributed by atoms with van der Waals surface area (Å²) in [7, 11) is -3.80. The van der Waals surface area contributed by atoms with E-state index in [9.17, 15) is 22.7 Å². The van der Waals surface area contributed by atoms with Crippen molar-refractivity contribution in [2.45, 2.75) is 44.5 Å². The van der Waals surface area contributed by atoms with E-state index in [-0.39, 0.29) is 28.9 Å². The number of benzene rings is 1. The van der Waals surface area contributed by atoms with E-state index in [1.807, 2.05) is 11.8 Å². The molecule has 35 heavy (non-hydrogen) atoms. The summed E-state index contributed by atoms with van der Waals surface area (Å²) in [6.07, 6.45) is 2.00. The van der Waals surface area contributed by atoms with Crippen LogP contribution in [0.15, 0.2) is 29.6 Å². The molecule has 1 fully saturated rings. The summed E-state index contributed by atoms with van der Waals surface area (Å²) >= 11 is 0. The molecule has 3 heterocycles. The van der Waals surface area contributed by atoms with E-state index in [1.54, 1.807) is 25.7 Å². The number of fused-ring (bicyclic) bond motifs is 1. The molecule has 0 aliphatic carbocycles. The summed E-state index contributed by atoms with van der Waals surface area (Å²) in [4.78, 5) is 24.4. The van der Waals surface area contributed by atoms with Gasteiger partial charge in [0.15, 0.2) is 11.5 Å². The Morgan fingerprint density at radius 2 is 1.94 bits per heavy atom. The average molecular weight is 507 g/mol. The molecule has 1 amide bonds. The highest BCUT2D eigenvalue weighted by molar-refractivity contribution is 7.90. The van der Waals surface area contributed by atoms with Gasteiger partial charge in [0.2, 0.25) is 9.84 Å². The predicted octanol–water partition coefficient (Wildman–Crippen LogP) is 2.51. The van der Waals surface area contributed by atoms with Gasteiger partial charge in [-0.05, 0) is 39.8 Å². The first kappa shape index (κ1) is 24.6. The number of amides is 1. The number of piperazine rings is 1. The van der Waals surface area contributed by atoms with Crippen LogP contribution in [0.5, 0.6) is 5.75 Å². The molecule has 1 atom stereocenters. The minimum Gasteiger partial charge on any atom is -0.506 e. The predicted molar refractivity (Wildman–Crippen MR) is 126 cm³/mol. The monoisotopic (exact) mass is 506 g/mol. The number of hydrogen-bond donors (Lipinski definition) is 1. The van der Waals surface area contributed by atoms with Crippen LogP contribution in [0.3, 0.4) is 0 Å². The molecule has 3 aromatic rings. The molecule has 0 spiro atoms. The molecular formula is C22H27FN6O5S. The maximum atomic E-state index is 14.5. The number of para-hydroxylation sites is 1. The zero-order valence-electron chi connectivity index (χ0n) is 20.1. The van der Waals surface area contributed by atoms with Crippen LogP contribution < -0.4 is 4.90 Å². The number of carbonyl (C=O) groups is 1. The summed E-state index contributed by atoms with van der Waals surface area (Å²) in [5, 5.41) is 14.4. The molecule has 1 aliphatic heterocycles. The summed E-state index contributed by atoms with van der Waals surface area (Å²) in [5.74, 6) is -0.765. The second-order valence-corrected chi connectivity index (χ2v) is 11.4. The lowest BCUT2D eigenvalue weighted by molar-refractivity contribution is 0.0218. The summed E-state index contributed by atoms with van der Waals surface area (Å²) in [6.45, 7) is 8.22. The maximum Gasteiger partial charge on any atom is 0.410 e. The second-order valence-electron chi connectivity index (χ2n) is 9.49. The van der Waals surface area contributed by atoms with Crippen molar-refractivity contribution in [1.82, 2.24) is 24.6 Å². The van der Waals surface area contributed by atoms with Crippen LogP contribution in [-0.2, 0) is 14.6 Å². The third-order valence-corrected chi connectivity index (χ3v) is 6.26. The summed E-state index contributed by atoms with van der Waals surface area (Å²) in [6, 6.07) is 3.59. The number of phenolic OH excluding ortho intramolecular Hbond substituents is 1. The van der Waals surface area contributed by atoms with Gasteiger partial charge in [0.1, 0.15) is 22.9 Å². The molecular weight excluding hydrogens is 479 g/mol. The van der Waals surface area contributed by atoms with Crippen molar-refractivity contribution in [2.75, 3.05) is 30.8 Å². The normalized spacial score (nSPS) is 17.1. The molecule has 1 saturated heterocycles. The molecule has 4 rings (SSSR count). The molecule has 13 heteroatoms. The molecule has 0 radical (unpaired) electrons. The van der Waals surface area contributed by atoms with Crippen LogP contribution in [0.2, 0.25) is 0 Å². The second kappa shape index (κ2) is 8.63. The minimum absolute atomic E-state index is 0.0276. The number of hydrogen-bond acceptors (Lipinski definition) is 9. The van der Waals surface area contributed by atoms with Crippen LogP contribution in [0, 0.1) is 5.82 Å². The SMILES string of the molecule is C[C@H]1CN(C(=O)OC(C)(C)C)CCN1c1nc(S(C)(=O)=O)nc2nn(-c3c(O)cccc3F)cc12. The quantitative estimate of drug-likeness (QED) is 0.532. The topological polar surface area (TPSA) is 131 Å². The Hall–Kier alpha value is -3.48. The van der Waals surface area contributed by atoms with E-state index in [0.717, 1.165) is 10.9 Å². The molecule has 11 nitrogen and oxygen atoms in total. The average Bonchev–Trinajstić information content (AvgIpc) is 3.15. The highest BCUT2D eigenvalue weighted by Crippen LogP contribution is 2.31. The zero-order valence-corrected chi connectivity index (χ0v) is 20.9. The van der Waals surface area contributed by atoms with Crippen molar-refractivity contribution in [3.05, 3.63) is 30.2 Å². The molecule has 0 saturated carbocycles. The van der Waals surface area contributed by atoms with Gasteiger partial charge in [-0.2, -0.15) is 4.98 Å². The number of halogens is 1. The standard InChI is InChI=1S/C22H27FN6O5S/c1-13-11-27(21(31)34-22(2,3)4)9-10-28(13)19-14-12-29(17-15(23)7-6-8-16(17)30)26-18(14)24-20(25-19)35(5,32)33/h6-8,12-13,30H,9-11H2,1-5H3/t13-/m0/s1. The smallest absolute Gasteiger partial charge is 0.410 e. The molecule has 0 bridgehead atoms. The number of phenols is 1. The first-order valence-electron chi connectivity index (χ1n) is 10.9. The van der Waals surface area contributed by atoms with Gasteiger partial charge in [0.05, 0.1) is 5.39 Å². The Labute approximate surface area is 202 Å². The van der Waals surface area contributed by atoms with Crippen molar-refractivity contribution in [3.8, 4) is 11.4 Å². The highest BCUT2D eigenvalue weighted by atomic mass is 32.2. The summed E-state index contributed by atoms with van der Waals surface area (Å²) in [5.41, 5.74) is -0.798. The Kier molecular flexibility index (Phi) is 6.07. The van der Waals surface area contributed by atoms with Crippen molar-refractivity contribution in [3.63, 3.8) is 0 Å². The van der Waals surface area contributed by atoms with Gasteiger partial charge in [-0.15, -0.1) is 5.10 Å². The third kappa shape index (κ3) is 4.99. The number of nitrogens with zero attached hydrogens (tertiary/aromatic N) is 6. The van der Waals surface area contributed by atoms with Gasteiger partial charge in [-0.3, -0.25) is 0 Å². The molecule has 1 aliphatic rings. The number of anilines is 1. The van der Waals surface area contributed by atoms with Crippen molar-refractivity contribution in [1.29, 1.82) is 0 Å². The van der Waals surface area contributed by atoms with E-state index < -0.39 is 32.5 Å². The van der Waals surface area contributed by atoms with E-state index >= 15 is 0 Å². The fourth-order valence-corrected chi connectivity index (χ4v) is 4.37. The lowest BCUT2D eigenvalue weighted by Gasteiger charge is -2.40. The van der Waals surface area contributed by atoms with E-state index in [1.165, 1.54) is 24.4 Å².